The number of morpholine rings is 1. The minimum absolute atomic E-state index is 0.208. The number of piperidine rings is 1. The lowest BCUT2D eigenvalue weighted by atomic mass is 10.1. The summed E-state index contributed by atoms with van der Waals surface area (Å²) in [6.45, 7) is 10.1. The first-order chi connectivity index (χ1) is 15.0. The van der Waals surface area contributed by atoms with E-state index in [1.165, 1.54) is 0 Å². The molecular weight excluding hydrogens is 394 g/mol. The first kappa shape index (κ1) is 23.5. The molecule has 172 valence electrons. The van der Waals surface area contributed by atoms with E-state index in [1.807, 2.05) is 43.0 Å². The van der Waals surface area contributed by atoms with E-state index >= 15 is 0 Å². The molecule has 1 amide bonds. The Bertz CT molecular complexity index is 729. The van der Waals surface area contributed by atoms with Crippen LogP contribution in [0.25, 0.3) is 0 Å². The van der Waals surface area contributed by atoms with Crippen LogP contribution >= 0.6 is 0 Å². The number of carbonyl (C=O) groups is 1. The van der Waals surface area contributed by atoms with Gasteiger partial charge in [-0.25, -0.2) is 4.99 Å². The lowest BCUT2D eigenvalue weighted by molar-refractivity contribution is -0.119. The van der Waals surface area contributed by atoms with E-state index < -0.39 is 5.60 Å². The van der Waals surface area contributed by atoms with E-state index in [0.29, 0.717) is 32.0 Å². The highest BCUT2D eigenvalue weighted by Crippen LogP contribution is 2.21. The average Bonchev–Trinajstić information content (AvgIpc) is 2.77. The molecular formula is C23H37N5O3. The highest BCUT2D eigenvalue weighted by Gasteiger charge is 2.25. The Balaban J connectivity index is 1.53. The summed E-state index contributed by atoms with van der Waals surface area (Å²) < 4.78 is 5.38. The predicted molar refractivity (Wildman–Crippen MR) is 123 cm³/mol. The molecule has 0 spiro atoms. The molecule has 0 radical (unpaired) electrons. The number of hydrogen-bond donors (Lipinski definition) is 3. The first-order valence-electron chi connectivity index (χ1n) is 11.4. The Morgan fingerprint density at radius 3 is 2.58 bits per heavy atom. The summed E-state index contributed by atoms with van der Waals surface area (Å²) in [5.74, 6) is 0.889. The van der Waals surface area contributed by atoms with Gasteiger partial charge in [-0.05, 0) is 44.4 Å². The summed E-state index contributed by atoms with van der Waals surface area (Å²) in [5, 5.41) is 17.3. The molecule has 2 aliphatic heterocycles. The third-order valence-electron chi connectivity index (χ3n) is 5.64. The van der Waals surface area contributed by atoms with Gasteiger partial charge in [0.25, 0.3) is 0 Å². The third kappa shape index (κ3) is 7.48. The second kappa shape index (κ2) is 11.5. The van der Waals surface area contributed by atoms with Crippen LogP contribution in [0.3, 0.4) is 0 Å². The molecule has 0 saturated carbocycles. The van der Waals surface area contributed by atoms with Crippen molar-refractivity contribution < 1.29 is 14.6 Å². The summed E-state index contributed by atoms with van der Waals surface area (Å²) in [5.41, 5.74) is 1.17. The van der Waals surface area contributed by atoms with Gasteiger partial charge in [0.2, 0.25) is 5.91 Å². The molecule has 2 heterocycles. The van der Waals surface area contributed by atoms with Crippen molar-refractivity contribution in [3.63, 3.8) is 0 Å². The zero-order chi connectivity index (χ0) is 22.1. The van der Waals surface area contributed by atoms with Crippen LogP contribution < -0.4 is 15.5 Å². The molecule has 0 bridgehead atoms. The van der Waals surface area contributed by atoms with Gasteiger partial charge in [0.05, 0.1) is 25.4 Å². The van der Waals surface area contributed by atoms with Crippen LogP contribution in [0.1, 0.15) is 38.7 Å². The van der Waals surface area contributed by atoms with Gasteiger partial charge in [-0.1, -0.05) is 12.1 Å². The van der Waals surface area contributed by atoms with Gasteiger partial charge in [0.1, 0.15) is 0 Å². The fourth-order valence-corrected chi connectivity index (χ4v) is 3.94. The predicted octanol–water partition coefficient (Wildman–Crippen LogP) is 1.34. The molecule has 0 aliphatic carbocycles. The highest BCUT2D eigenvalue weighted by atomic mass is 16.5. The van der Waals surface area contributed by atoms with E-state index in [0.717, 1.165) is 63.5 Å². The van der Waals surface area contributed by atoms with Gasteiger partial charge >= 0.3 is 0 Å². The Morgan fingerprint density at radius 2 is 1.90 bits per heavy atom. The number of nitrogens with one attached hydrogen (secondary N) is 2. The van der Waals surface area contributed by atoms with Crippen molar-refractivity contribution in [3.05, 3.63) is 29.8 Å². The van der Waals surface area contributed by atoms with Crippen LogP contribution in [-0.2, 0) is 16.1 Å². The zero-order valence-electron chi connectivity index (χ0n) is 18.9. The zero-order valence-corrected chi connectivity index (χ0v) is 18.9. The molecule has 1 aromatic rings. The molecule has 1 aromatic carbocycles. The number of rotatable bonds is 8. The van der Waals surface area contributed by atoms with Crippen LogP contribution in [0, 0.1) is 0 Å². The Hall–Kier alpha value is -2.16. The number of ether oxygens (including phenoxy) is 1. The Labute approximate surface area is 185 Å². The number of nitrogens with zero attached hydrogens (tertiary/aromatic N) is 3. The molecule has 3 N–H and O–H groups in total. The fourth-order valence-electron chi connectivity index (χ4n) is 3.94. The summed E-state index contributed by atoms with van der Waals surface area (Å²) in [6.07, 6.45) is 2.69. The van der Waals surface area contributed by atoms with Gasteiger partial charge in [-0.2, -0.15) is 0 Å². The van der Waals surface area contributed by atoms with Crippen molar-refractivity contribution in [2.75, 3.05) is 57.4 Å². The maximum Gasteiger partial charge on any atom is 0.226 e. The summed E-state index contributed by atoms with van der Waals surface area (Å²) in [4.78, 5) is 20.9. The number of guanidine groups is 1. The maximum atomic E-state index is 12.1. The van der Waals surface area contributed by atoms with Crippen LogP contribution in [0.4, 0.5) is 5.69 Å². The lowest BCUT2D eigenvalue weighted by Crippen LogP contribution is -2.52. The summed E-state index contributed by atoms with van der Waals surface area (Å²) in [7, 11) is 0. The van der Waals surface area contributed by atoms with Gasteiger partial charge < -0.3 is 25.4 Å². The summed E-state index contributed by atoms with van der Waals surface area (Å²) in [6, 6.07) is 8.06. The topological polar surface area (TPSA) is 89.4 Å². The lowest BCUT2D eigenvalue weighted by Gasteiger charge is -2.34. The van der Waals surface area contributed by atoms with Crippen molar-refractivity contribution in [3.8, 4) is 0 Å². The fraction of sp³-hybridized carbons (Fsp3) is 0.652. The van der Waals surface area contributed by atoms with Crippen LogP contribution in [0.5, 0.6) is 0 Å². The highest BCUT2D eigenvalue weighted by molar-refractivity contribution is 5.93. The molecule has 3 rings (SSSR count). The number of anilines is 1. The number of aliphatic hydroxyl groups is 1. The second-order valence-corrected chi connectivity index (χ2v) is 8.60. The Morgan fingerprint density at radius 1 is 1.16 bits per heavy atom. The number of amides is 1. The van der Waals surface area contributed by atoms with Gasteiger partial charge in [0.15, 0.2) is 5.96 Å². The van der Waals surface area contributed by atoms with Crippen LogP contribution in [-0.4, -0.2) is 80.0 Å². The second-order valence-electron chi connectivity index (χ2n) is 8.60. The van der Waals surface area contributed by atoms with E-state index in [2.05, 4.69) is 20.5 Å². The number of carbonyl (C=O) groups excluding carboxylic acids is 1. The van der Waals surface area contributed by atoms with Crippen molar-refractivity contribution >= 4 is 17.6 Å². The van der Waals surface area contributed by atoms with Crippen LogP contribution in [0.15, 0.2) is 29.3 Å². The van der Waals surface area contributed by atoms with Gasteiger partial charge in [0, 0.05) is 51.4 Å². The van der Waals surface area contributed by atoms with E-state index in [1.54, 1.807) is 0 Å². The van der Waals surface area contributed by atoms with E-state index in [4.69, 9.17) is 4.74 Å². The normalized spacial score (nSPS) is 20.4. The van der Waals surface area contributed by atoms with Crippen LogP contribution in [0.2, 0.25) is 0 Å². The van der Waals surface area contributed by atoms with Crippen molar-refractivity contribution in [2.24, 2.45) is 4.99 Å². The third-order valence-corrected chi connectivity index (χ3v) is 5.64. The standard InChI is InChI=1S/C23H37N5O3/c1-3-24-22(26-17-23(2,30)18-27-12-14-31-15-13-27)25-16-19-7-9-20(10-8-19)28-11-5-4-6-21(28)29/h7-10,30H,3-6,11-18H2,1-2H3,(H2,24,25,26). The van der Waals surface area contributed by atoms with E-state index in [9.17, 15) is 9.90 Å². The Kier molecular flexibility index (Phi) is 8.69. The molecule has 2 saturated heterocycles. The van der Waals surface area contributed by atoms with Gasteiger partial charge in [-0.3, -0.25) is 9.69 Å². The molecule has 8 nitrogen and oxygen atoms in total. The SMILES string of the molecule is CCNC(=NCc1ccc(N2CCCCC2=O)cc1)NCC(C)(O)CN1CCOCC1. The number of hydrogen-bond acceptors (Lipinski definition) is 5. The maximum absolute atomic E-state index is 12.1. The largest absolute Gasteiger partial charge is 0.387 e. The monoisotopic (exact) mass is 431 g/mol. The molecule has 2 aliphatic rings. The molecule has 8 heteroatoms. The van der Waals surface area contributed by atoms with Crippen molar-refractivity contribution in [1.29, 1.82) is 0 Å². The summed E-state index contributed by atoms with van der Waals surface area (Å²) >= 11 is 0. The smallest absolute Gasteiger partial charge is 0.226 e. The molecule has 31 heavy (non-hydrogen) atoms. The number of benzene rings is 1. The molecule has 1 unspecified atom stereocenters. The first-order valence-corrected chi connectivity index (χ1v) is 11.4. The number of β-amino-alcohol motifs (C(OH)–C–C–N with tert-alkyl or cyclic N) is 1. The quantitative estimate of drug-likeness (QED) is 0.425. The van der Waals surface area contributed by atoms with Crippen molar-refractivity contribution in [1.82, 2.24) is 15.5 Å². The number of aliphatic imine (C=N–C) groups is 1. The minimum atomic E-state index is -0.865. The average molecular weight is 432 g/mol. The minimum Gasteiger partial charge on any atom is -0.387 e. The molecule has 0 aromatic heterocycles. The van der Waals surface area contributed by atoms with Gasteiger partial charge in [-0.15, -0.1) is 0 Å². The van der Waals surface area contributed by atoms with Crippen molar-refractivity contribution in [2.45, 2.75) is 45.3 Å². The van der Waals surface area contributed by atoms with E-state index in [-0.39, 0.29) is 5.91 Å². The molecule has 1 atom stereocenters. The molecule has 2 fully saturated rings.